The Morgan fingerprint density at radius 3 is 2.23 bits per heavy atom. The molecule has 0 aromatic carbocycles. The van der Waals surface area contributed by atoms with Gasteiger partial charge in [0.25, 0.3) is 0 Å². The Kier molecular flexibility index (Phi) is 14.9. The van der Waals surface area contributed by atoms with E-state index in [4.69, 9.17) is 16.2 Å². The Balaban J connectivity index is 2.03. The van der Waals surface area contributed by atoms with Crippen LogP contribution >= 0.6 is 0 Å². The summed E-state index contributed by atoms with van der Waals surface area (Å²) >= 11 is 0. The fourth-order valence-corrected chi connectivity index (χ4v) is 5.17. The van der Waals surface area contributed by atoms with Crippen molar-refractivity contribution in [3.05, 3.63) is 12.2 Å². The molecule has 15 heteroatoms. The van der Waals surface area contributed by atoms with Crippen LogP contribution in [-0.2, 0) is 33.5 Å². The Hall–Kier alpha value is -3.40. The van der Waals surface area contributed by atoms with Gasteiger partial charge in [-0.25, -0.2) is 0 Å². The number of ether oxygens (including phenoxy) is 1. The highest BCUT2D eigenvalue weighted by molar-refractivity contribution is 5.90. The van der Waals surface area contributed by atoms with Crippen molar-refractivity contribution in [2.45, 2.75) is 108 Å². The SMILES string of the molecule is CC(C)[C@](C=O)(CCCC(N)=O)NC(=O)[C@H](CCC(=O)NC1O[C@H](C(N)=O)[C@@H](O)[C@H]1O)NC(=O)CCCCCN1CC=CC1. The zero-order valence-corrected chi connectivity index (χ0v) is 25.5. The zero-order valence-electron chi connectivity index (χ0n) is 25.5. The predicted octanol–water partition coefficient (Wildman–Crippen LogP) is -1.90. The summed E-state index contributed by atoms with van der Waals surface area (Å²) in [6.45, 7) is 6.23. The number of nitrogens with one attached hydrogen (secondary N) is 3. The van der Waals surface area contributed by atoms with E-state index in [1.165, 1.54) is 0 Å². The molecule has 0 radical (unpaired) electrons. The smallest absolute Gasteiger partial charge is 0.249 e. The van der Waals surface area contributed by atoms with Gasteiger partial charge < -0.3 is 47.2 Å². The summed E-state index contributed by atoms with van der Waals surface area (Å²) in [5.74, 6) is -3.70. The Bertz CT molecular complexity index is 1050. The van der Waals surface area contributed by atoms with Crippen LogP contribution in [0.3, 0.4) is 0 Å². The fraction of sp³-hybridized carbons (Fsp3) is 0.724. The summed E-state index contributed by atoms with van der Waals surface area (Å²) in [6.07, 6.45) is 1.05. The number of carbonyl (C=O) groups excluding carboxylic acids is 6. The van der Waals surface area contributed by atoms with Crippen LogP contribution in [0.4, 0.5) is 0 Å². The molecule has 0 aliphatic carbocycles. The van der Waals surface area contributed by atoms with E-state index in [2.05, 4.69) is 33.0 Å². The van der Waals surface area contributed by atoms with Gasteiger partial charge in [-0.05, 0) is 44.6 Å². The van der Waals surface area contributed by atoms with E-state index < -0.39 is 65.7 Å². The van der Waals surface area contributed by atoms with Gasteiger partial charge in [0.2, 0.25) is 29.5 Å². The van der Waals surface area contributed by atoms with Gasteiger partial charge in [-0.3, -0.25) is 28.9 Å². The molecular formula is C29H48N6O9. The molecule has 1 fully saturated rings. The van der Waals surface area contributed by atoms with Crippen molar-refractivity contribution in [2.24, 2.45) is 17.4 Å². The first-order valence-corrected chi connectivity index (χ1v) is 15.1. The summed E-state index contributed by atoms with van der Waals surface area (Å²) in [7, 11) is 0. The summed E-state index contributed by atoms with van der Waals surface area (Å²) < 4.78 is 5.16. The lowest BCUT2D eigenvalue weighted by molar-refractivity contribution is -0.137. The van der Waals surface area contributed by atoms with E-state index in [-0.39, 0.29) is 44.4 Å². The van der Waals surface area contributed by atoms with Gasteiger partial charge in [0.05, 0.1) is 5.54 Å². The molecule has 0 aromatic rings. The van der Waals surface area contributed by atoms with Crippen LogP contribution in [0.25, 0.3) is 0 Å². The van der Waals surface area contributed by atoms with Gasteiger partial charge >= 0.3 is 0 Å². The van der Waals surface area contributed by atoms with E-state index in [0.717, 1.165) is 32.5 Å². The molecule has 2 heterocycles. The van der Waals surface area contributed by atoms with E-state index in [0.29, 0.717) is 12.7 Å². The highest BCUT2D eigenvalue weighted by Crippen LogP contribution is 2.23. The van der Waals surface area contributed by atoms with Crippen molar-refractivity contribution < 1.29 is 43.7 Å². The van der Waals surface area contributed by atoms with Crippen molar-refractivity contribution in [1.82, 2.24) is 20.9 Å². The van der Waals surface area contributed by atoms with Crippen LogP contribution in [-0.4, -0.2) is 107 Å². The third-order valence-electron chi connectivity index (χ3n) is 8.04. The Morgan fingerprint density at radius 1 is 0.977 bits per heavy atom. The molecule has 9 N–H and O–H groups in total. The minimum atomic E-state index is -1.63. The molecule has 2 rings (SSSR count). The maximum Gasteiger partial charge on any atom is 0.249 e. The molecule has 0 aromatic heterocycles. The Morgan fingerprint density at radius 2 is 1.66 bits per heavy atom. The molecule has 0 spiro atoms. The number of nitrogens with two attached hydrogens (primary N) is 2. The first-order valence-electron chi connectivity index (χ1n) is 15.1. The lowest BCUT2D eigenvalue weighted by Gasteiger charge is -2.35. The maximum atomic E-state index is 13.5. The van der Waals surface area contributed by atoms with Crippen molar-refractivity contribution in [3.8, 4) is 0 Å². The first-order chi connectivity index (χ1) is 20.8. The van der Waals surface area contributed by atoms with Gasteiger partial charge in [0, 0.05) is 32.4 Å². The molecule has 0 bridgehead atoms. The molecular weight excluding hydrogens is 576 g/mol. The van der Waals surface area contributed by atoms with Crippen LogP contribution in [0, 0.1) is 5.92 Å². The van der Waals surface area contributed by atoms with E-state index in [9.17, 15) is 39.0 Å². The molecule has 1 unspecified atom stereocenters. The molecule has 0 saturated carbocycles. The van der Waals surface area contributed by atoms with Crippen molar-refractivity contribution in [2.75, 3.05) is 19.6 Å². The zero-order chi connectivity index (χ0) is 32.9. The third-order valence-corrected chi connectivity index (χ3v) is 8.04. The van der Waals surface area contributed by atoms with E-state index in [1.807, 2.05) is 0 Å². The lowest BCUT2D eigenvalue weighted by Crippen LogP contribution is -2.59. The van der Waals surface area contributed by atoms with Crippen LogP contribution in [0.5, 0.6) is 0 Å². The van der Waals surface area contributed by atoms with Gasteiger partial charge in [-0.1, -0.05) is 32.4 Å². The second-order valence-electron chi connectivity index (χ2n) is 11.8. The number of nitrogens with zero attached hydrogens (tertiary/aromatic N) is 1. The van der Waals surface area contributed by atoms with Crippen LogP contribution < -0.4 is 27.4 Å². The minimum Gasteiger partial charge on any atom is -0.387 e. The van der Waals surface area contributed by atoms with Gasteiger partial charge in [0.15, 0.2) is 12.3 Å². The third kappa shape index (κ3) is 11.3. The van der Waals surface area contributed by atoms with Crippen molar-refractivity contribution in [1.29, 1.82) is 0 Å². The highest BCUT2D eigenvalue weighted by Gasteiger charge is 2.46. The average molecular weight is 625 g/mol. The topological polar surface area (TPSA) is 243 Å². The van der Waals surface area contributed by atoms with Gasteiger partial charge in [-0.15, -0.1) is 0 Å². The molecule has 5 amide bonds. The largest absolute Gasteiger partial charge is 0.387 e. The Labute approximate surface area is 257 Å². The van der Waals surface area contributed by atoms with Gasteiger partial charge in [0.1, 0.15) is 24.5 Å². The average Bonchev–Trinajstić information content (AvgIpc) is 3.58. The number of hydrogen-bond donors (Lipinski definition) is 7. The van der Waals surface area contributed by atoms with Crippen molar-refractivity contribution >= 4 is 35.8 Å². The number of aldehydes is 1. The molecule has 44 heavy (non-hydrogen) atoms. The van der Waals surface area contributed by atoms with Crippen molar-refractivity contribution in [3.63, 3.8) is 0 Å². The van der Waals surface area contributed by atoms with Crippen LogP contribution in [0.2, 0.25) is 0 Å². The number of aliphatic hydroxyl groups is 2. The fourth-order valence-electron chi connectivity index (χ4n) is 5.17. The summed E-state index contributed by atoms with van der Waals surface area (Å²) in [5.41, 5.74) is 9.03. The monoisotopic (exact) mass is 624 g/mol. The molecule has 248 valence electrons. The minimum absolute atomic E-state index is 0.0210. The quantitative estimate of drug-likeness (QED) is 0.0450. The normalized spacial score (nSPS) is 23.6. The summed E-state index contributed by atoms with van der Waals surface area (Å²) in [5, 5.41) is 27.8. The molecule has 2 aliphatic heterocycles. The van der Waals surface area contributed by atoms with E-state index >= 15 is 0 Å². The molecule has 1 saturated heterocycles. The second-order valence-corrected chi connectivity index (χ2v) is 11.8. The maximum absolute atomic E-state index is 13.5. The van der Waals surface area contributed by atoms with Crippen LogP contribution in [0.1, 0.15) is 71.6 Å². The highest BCUT2D eigenvalue weighted by atomic mass is 16.6. The molecule has 15 nitrogen and oxygen atoms in total. The van der Waals surface area contributed by atoms with Crippen LogP contribution in [0.15, 0.2) is 12.2 Å². The number of hydrogen-bond acceptors (Lipinski definition) is 10. The predicted molar refractivity (Wildman–Crippen MR) is 158 cm³/mol. The molecule has 6 atom stereocenters. The van der Waals surface area contributed by atoms with E-state index in [1.54, 1.807) is 13.8 Å². The number of amides is 5. The second kappa shape index (κ2) is 17.8. The van der Waals surface area contributed by atoms with Gasteiger partial charge in [-0.2, -0.15) is 0 Å². The summed E-state index contributed by atoms with van der Waals surface area (Å²) in [6, 6.07) is -1.20. The number of aliphatic hydroxyl groups excluding tert-OH is 2. The first kappa shape index (κ1) is 36.8. The lowest BCUT2D eigenvalue weighted by atomic mass is 9.82. The standard InChI is InChI=1S/C29H48N6O9/c1-18(2)29(17-36,13-8-9-20(30)37)34-27(43)19(32-21(38)10-4-3-5-14-35-15-6-7-16-35)11-12-22(39)33-28-24(41)23(40)25(44-28)26(31)42/h6-7,17-19,23-25,28,40-41H,3-5,8-16H2,1-2H3,(H2,30,37)(H2,31,42)(H,32,38)(H,33,39)(H,34,43)/t19-,23-,24+,25-,28?,29+/m0/s1. The number of unbranched alkanes of at least 4 members (excludes halogenated alkanes) is 2. The number of rotatable bonds is 20. The number of carbonyl (C=O) groups is 6. The number of primary amides is 2. The molecule has 2 aliphatic rings. The summed E-state index contributed by atoms with van der Waals surface area (Å²) in [4.78, 5) is 76.2.